The van der Waals surface area contributed by atoms with Gasteiger partial charge in [0.1, 0.15) is 0 Å². The quantitative estimate of drug-likeness (QED) is 0.518. The Morgan fingerprint density at radius 2 is 1.65 bits per heavy atom. The number of halogens is 1. The topological polar surface area (TPSA) is 52.6 Å². The van der Waals surface area contributed by atoms with Crippen molar-refractivity contribution in [2.75, 3.05) is 0 Å². The van der Waals surface area contributed by atoms with Crippen LogP contribution in [0.15, 0.2) is 10.3 Å². The van der Waals surface area contributed by atoms with Gasteiger partial charge in [-0.1, -0.05) is 6.92 Å². The third-order valence-electron chi connectivity index (χ3n) is 1.57. The highest BCUT2D eigenvalue weighted by molar-refractivity contribution is 9.12. The lowest BCUT2D eigenvalue weighted by molar-refractivity contribution is -0.114. The number of allylic oxidation sites excluding steroid dienone is 1. The number of Topliss-reactive ketones (excluding diaryl/α,β-unsaturated/α-hetero) is 1. The zero-order valence-corrected chi connectivity index (χ0v) is 13.4. The molecule has 100 valence electrons. The predicted molar refractivity (Wildman–Crippen MR) is 72.4 cm³/mol. The van der Waals surface area contributed by atoms with Gasteiger partial charge >= 0.3 is 7.60 Å². The molecule has 0 amide bonds. The Balaban J connectivity index is 5.05. The molecule has 0 radical (unpaired) electrons. The SMILES string of the molecule is CCC(=O)/C(Br)=C/P(=O)(OC(C)C)OC(C)C. The fourth-order valence-corrected chi connectivity index (χ4v) is 3.85. The molecule has 0 saturated heterocycles. The highest BCUT2D eigenvalue weighted by atomic mass is 79.9. The third kappa shape index (κ3) is 7.14. The zero-order valence-electron chi connectivity index (χ0n) is 10.9. The Morgan fingerprint density at radius 3 is 1.94 bits per heavy atom. The minimum absolute atomic E-state index is 0.134. The van der Waals surface area contributed by atoms with Crippen LogP contribution in [0.1, 0.15) is 41.0 Å². The van der Waals surface area contributed by atoms with Crippen molar-refractivity contribution in [3.05, 3.63) is 10.3 Å². The van der Waals surface area contributed by atoms with Crippen molar-refractivity contribution in [2.24, 2.45) is 0 Å². The summed E-state index contributed by atoms with van der Waals surface area (Å²) >= 11 is 3.10. The van der Waals surface area contributed by atoms with E-state index in [9.17, 15) is 9.36 Å². The molecular weight excluding hydrogens is 307 g/mol. The second kappa shape index (κ2) is 7.47. The summed E-state index contributed by atoms with van der Waals surface area (Å²) in [5.74, 6) is 1.11. The number of carbonyl (C=O) groups excluding carboxylic acids is 1. The smallest absolute Gasteiger partial charge is 0.303 e. The van der Waals surface area contributed by atoms with Crippen LogP contribution in [-0.4, -0.2) is 18.0 Å². The van der Waals surface area contributed by atoms with Gasteiger partial charge in [-0.25, -0.2) is 0 Å². The lowest BCUT2D eigenvalue weighted by atomic mass is 10.3. The number of rotatable bonds is 7. The first-order chi connectivity index (χ1) is 7.70. The van der Waals surface area contributed by atoms with Crippen LogP contribution in [0.25, 0.3) is 0 Å². The molecule has 0 fully saturated rings. The van der Waals surface area contributed by atoms with E-state index in [0.717, 1.165) is 0 Å². The van der Waals surface area contributed by atoms with Gasteiger partial charge in [0.25, 0.3) is 0 Å². The van der Waals surface area contributed by atoms with Crippen LogP contribution in [0.5, 0.6) is 0 Å². The maximum atomic E-state index is 12.4. The van der Waals surface area contributed by atoms with Gasteiger partial charge in [0.15, 0.2) is 5.78 Å². The highest BCUT2D eigenvalue weighted by Gasteiger charge is 2.26. The molecule has 6 heteroatoms. The summed E-state index contributed by atoms with van der Waals surface area (Å²) in [5, 5.41) is 0. The summed E-state index contributed by atoms with van der Waals surface area (Å²) in [6.45, 7) is 8.79. The minimum atomic E-state index is -3.38. The Kier molecular flexibility index (Phi) is 7.49. The first kappa shape index (κ1) is 17.0. The molecule has 0 aromatic carbocycles. The number of carbonyl (C=O) groups is 1. The molecule has 0 aliphatic carbocycles. The second-order valence-corrected chi connectivity index (χ2v) is 6.72. The number of hydrogen-bond donors (Lipinski definition) is 0. The normalized spacial score (nSPS) is 13.5. The molecule has 0 heterocycles. The number of ketones is 1. The first-order valence-corrected chi connectivity index (χ1v) is 7.98. The van der Waals surface area contributed by atoms with E-state index in [-0.39, 0.29) is 22.5 Å². The summed E-state index contributed by atoms with van der Waals surface area (Å²) in [4.78, 5) is 11.4. The standard InChI is InChI=1S/C11H20BrO4P/c1-6-11(13)10(12)7-17(14,15-8(2)3)16-9(4)5/h7-9H,6H2,1-5H3/b10-7-. The molecule has 0 aromatic heterocycles. The van der Waals surface area contributed by atoms with Crippen molar-refractivity contribution < 1.29 is 18.4 Å². The lowest BCUT2D eigenvalue weighted by Gasteiger charge is -2.20. The number of hydrogen-bond acceptors (Lipinski definition) is 4. The summed E-state index contributed by atoms with van der Waals surface area (Å²) in [6, 6.07) is 0. The van der Waals surface area contributed by atoms with Gasteiger partial charge in [-0.05, 0) is 43.6 Å². The fourth-order valence-electron chi connectivity index (χ4n) is 1.05. The van der Waals surface area contributed by atoms with Crippen LogP contribution in [0, 0.1) is 0 Å². The fraction of sp³-hybridized carbons (Fsp3) is 0.727. The molecule has 0 rings (SSSR count). The Hall–Kier alpha value is 0.0400. The van der Waals surface area contributed by atoms with Crippen LogP contribution >= 0.6 is 23.5 Å². The van der Waals surface area contributed by atoms with Crippen LogP contribution in [0.3, 0.4) is 0 Å². The summed E-state index contributed by atoms with van der Waals surface area (Å²) in [6.07, 6.45) is -0.152. The summed E-state index contributed by atoms with van der Waals surface area (Å²) in [5.41, 5.74) is 0. The van der Waals surface area contributed by atoms with Gasteiger partial charge in [-0.15, -0.1) is 0 Å². The van der Waals surface area contributed by atoms with Crippen LogP contribution in [0.4, 0.5) is 0 Å². The average molecular weight is 327 g/mol. The third-order valence-corrected chi connectivity index (χ3v) is 4.60. The monoisotopic (exact) mass is 326 g/mol. The van der Waals surface area contributed by atoms with Gasteiger partial charge in [-0.3, -0.25) is 9.36 Å². The first-order valence-electron chi connectivity index (χ1n) is 5.58. The van der Waals surface area contributed by atoms with Gasteiger partial charge in [0, 0.05) is 12.2 Å². The van der Waals surface area contributed by atoms with E-state index < -0.39 is 7.60 Å². The van der Waals surface area contributed by atoms with Crippen molar-refractivity contribution in [2.45, 2.75) is 53.2 Å². The Labute approximate surface area is 111 Å². The van der Waals surface area contributed by atoms with Gasteiger partial charge in [0.2, 0.25) is 0 Å². The second-order valence-electron chi connectivity index (χ2n) is 4.10. The molecule has 0 atom stereocenters. The molecule has 0 unspecified atom stereocenters. The van der Waals surface area contributed by atoms with Crippen LogP contribution in [0.2, 0.25) is 0 Å². The maximum Gasteiger partial charge on any atom is 0.355 e. The van der Waals surface area contributed by atoms with E-state index >= 15 is 0 Å². The molecule has 4 nitrogen and oxygen atoms in total. The summed E-state index contributed by atoms with van der Waals surface area (Å²) < 4.78 is 23.2. The lowest BCUT2D eigenvalue weighted by Crippen LogP contribution is -2.07. The van der Waals surface area contributed by atoms with E-state index in [1.54, 1.807) is 34.6 Å². The van der Waals surface area contributed by atoms with Crippen molar-refractivity contribution >= 4 is 29.3 Å². The van der Waals surface area contributed by atoms with E-state index in [1.165, 1.54) is 5.82 Å². The van der Waals surface area contributed by atoms with Gasteiger partial charge < -0.3 is 9.05 Å². The average Bonchev–Trinajstić information content (AvgIpc) is 2.12. The van der Waals surface area contributed by atoms with E-state index in [0.29, 0.717) is 6.42 Å². The summed E-state index contributed by atoms with van der Waals surface area (Å²) in [7, 11) is -3.38. The van der Waals surface area contributed by atoms with E-state index in [1.807, 2.05) is 0 Å². The van der Waals surface area contributed by atoms with E-state index in [2.05, 4.69) is 15.9 Å². The molecule has 0 N–H and O–H groups in total. The largest absolute Gasteiger partial charge is 0.355 e. The maximum absolute atomic E-state index is 12.4. The molecule has 0 aliphatic heterocycles. The van der Waals surface area contributed by atoms with Crippen molar-refractivity contribution in [3.63, 3.8) is 0 Å². The molecule has 0 aromatic rings. The van der Waals surface area contributed by atoms with E-state index in [4.69, 9.17) is 9.05 Å². The molecular formula is C11H20BrO4P. The molecule has 0 aliphatic rings. The Morgan fingerprint density at radius 1 is 1.24 bits per heavy atom. The molecule has 0 bridgehead atoms. The molecule has 0 saturated carbocycles. The van der Waals surface area contributed by atoms with Gasteiger partial charge in [0.05, 0.1) is 16.7 Å². The van der Waals surface area contributed by atoms with Gasteiger partial charge in [-0.2, -0.15) is 0 Å². The van der Waals surface area contributed by atoms with Crippen molar-refractivity contribution in [1.29, 1.82) is 0 Å². The van der Waals surface area contributed by atoms with Crippen LogP contribution < -0.4 is 0 Å². The van der Waals surface area contributed by atoms with Crippen molar-refractivity contribution in [3.8, 4) is 0 Å². The predicted octanol–water partition coefficient (Wildman–Crippen LogP) is 4.24. The molecule has 0 spiro atoms. The highest BCUT2D eigenvalue weighted by Crippen LogP contribution is 2.53. The molecule has 17 heavy (non-hydrogen) atoms. The minimum Gasteiger partial charge on any atom is -0.303 e. The zero-order chi connectivity index (χ0) is 13.6. The Bertz CT molecular complexity index is 322. The van der Waals surface area contributed by atoms with Crippen LogP contribution in [-0.2, 0) is 18.4 Å². The van der Waals surface area contributed by atoms with Crippen molar-refractivity contribution in [1.82, 2.24) is 0 Å².